The predicted octanol–water partition coefficient (Wildman–Crippen LogP) is 2.87. The molecule has 2 heterocycles. The van der Waals surface area contributed by atoms with E-state index in [1.807, 2.05) is 0 Å². The van der Waals surface area contributed by atoms with Crippen LogP contribution in [0.25, 0.3) is 10.4 Å². The van der Waals surface area contributed by atoms with Gasteiger partial charge in [-0.1, -0.05) is 49.8 Å². The number of aryl methyl sites for hydroxylation is 1. The van der Waals surface area contributed by atoms with Gasteiger partial charge in [-0.2, -0.15) is 0 Å². The fourth-order valence-corrected chi connectivity index (χ4v) is 6.41. The summed E-state index contributed by atoms with van der Waals surface area (Å²) in [7, 11) is -4.42. The smallest absolute Gasteiger partial charge is 0.404 e. The number of nitrogens with one attached hydrogen (secondary N) is 2. The van der Waals surface area contributed by atoms with E-state index in [4.69, 9.17) is 29.6 Å². The van der Waals surface area contributed by atoms with Gasteiger partial charge in [-0.15, -0.1) is 0 Å². The zero-order chi connectivity index (χ0) is 34.9. The maximum atomic E-state index is 13.9. The molecular weight excluding hydrogens is 657 g/mol. The molecule has 4 N–H and O–H groups in total. The minimum absolute atomic E-state index is 0.0489. The molecule has 1 aliphatic heterocycles. The van der Waals surface area contributed by atoms with E-state index in [2.05, 4.69) is 20.3 Å². The van der Waals surface area contributed by atoms with Crippen molar-refractivity contribution in [3.8, 4) is 5.75 Å². The molecule has 0 bridgehead atoms. The van der Waals surface area contributed by atoms with Gasteiger partial charge in [-0.25, -0.2) is 9.36 Å². The number of ether oxygens (including phenoxy) is 1. The van der Waals surface area contributed by atoms with E-state index in [0.717, 1.165) is 16.3 Å². The number of hydrogen-bond acceptors (Lipinski definition) is 12. The number of carbonyl (C=O) groups excluding carboxylic acids is 3. The second-order valence-corrected chi connectivity index (χ2v) is 14.3. The summed E-state index contributed by atoms with van der Waals surface area (Å²) in [5.74, 6) is -0.933. The Balaban J connectivity index is 1.78. The lowest BCUT2D eigenvalue weighted by atomic mass is 10.00. The molecule has 2 unspecified atom stereocenters. The van der Waals surface area contributed by atoms with E-state index in [-0.39, 0.29) is 41.6 Å². The molecule has 1 aromatic heterocycles. The first-order valence-corrected chi connectivity index (χ1v) is 16.9. The largest absolute Gasteiger partial charge is 0.530 e. The van der Waals surface area contributed by atoms with Crippen LogP contribution in [0.15, 0.2) is 45.2 Å². The van der Waals surface area contributed by atoms with Crippen LogP contribution < -0.4 is 26.8 Å². The van der Waals surface area contributed by atoms with Crippen LogP contribution in [0.5, 0.6) is 5.75 Å². The van der Waals surface area contributed by atoms with Crippen molar-refractivity contribution in [2.75, 3.05) is 19.0 Å². The molecule has 0 spiro atoms. The maximum absolute atomic E-state index is 13.9. The van der Waals surface area contributed by atoms with Crippen molar-refractivity contribution < 1.29 is 37.3 Å². The Morgan fingerprint density at radius 3 is 2.53 bits per heavy atom. The molecule has 5 atom stereocenters. The Morgan fingerprint density at radius 1 is 1.26 bits per heavy atom. The van der Waals surface area contributed by atoms with Gasteiger partial charge in [-0.05, 0) is 30.2 Å². The van der Waals surface area contributed by atoms with Crippen molar-refractivity contribution in [1.29, 1.82) is 0 Å². The van der Waals surface area contributed by atoms with Crippen LogP contribution in [0.4, 0.5) is 0 Å². The standard InChI is InChI=1S/C28H38N7O10PS/c1-16-14-35(27(40)32-25(16)38)23-13-20(33-34-30)22(44-23)15-43-46(41,42-10-11-47-26(39)28(3,4)5)45-19-8-6-18(7-9-19)12-21(24(29)37)31-17(2)36/h6-9,14,20-23H,10-13,15H2,1-5H3,(H2,29,37)(H,31,36)(H,32,38,40)/t20?,21-,22+,23+,46?/m0/s1. The zero-order valence-electron chi connectivity index (χ0n) is 26.5. The maximum Gasteiger partial charge on any atom is 0.530 e. The summed E-state index contributed by atoms with van der Waals surface area (Å²) in [6.45, 7) is 7.43. The Kier molecular flexibility index (Phi) is 13.0. The van der Waals surface area contributed by atoms with Crippen molar-refractivity contribution in [1.82, 2.24) is 14.9 Å². The highest BCUT2D eigenvalue weighted by atomic mass is 32.2. The quantitative estimate of drug-likeness (QED) is 0.0803. The molecule has 1 fully saturated rings. The summed E-state index contributed by atoms with van der Waals surface area (Å²) in [6.07, 6.45) is -0.460. The zero-order valence-corrected chi connectivity index (χ0v) is 28.2. The third-order valence-electron chi connectivity index (χ3n) is 6.74. The topological polar surface area (TPSA) is 247 Å². The van der Waals surface area contributed by atoms with Gasteiger partial charge in [0.25, 0.3) is 5.56 Å². The third kappa shape index (κ3) is 11.1. The number of nitrogens with zero attached hydrogens (tertiary/aromatic N) is 4. The third-order valence-corrected chi connectivity index (χ3v) is 9.38. The molecule has 1 saturated heterocycles. The summed E-state index contributed by atoms with van der Waals surface area (Å²) in [6, 6.07) is 4.25. The van der Waals surface area contributed by atoms with Crippen LogP contribution >= 0.6 is 19.6 Å². The predicted molar refractivity (Wildman–Crippen MR) is 172 cm³/mol. The van der Waals surface area contributed by atoms with Crippen molar-refractivity contribution in [2.45, 2.75) is 71.9 Å². The molecule has 2 amide bonds. The lowest BCUT2D eigenvalue weighted by Gasteiger charge is -2.22. The second kappa shape index (κ2) is 16.3. The van der Waals surface area contributed by atoms with E-state index in [0.29, 0.717) is 5.56 Å². The normalized spacial score (nSPS) is 19.6. The molecule has 17 nitrogen and oxygen atoms in total. The van der Waals surface area contributed by atoms with Gasteiger partial charge < -0.3 is 20.3 Å². The van der Waals surface area contributed by atoms with E-state index >= 15 is 0 Å². The van der Waals surface area contributed by atoms with Crippen LogP contribution in [0.1, 0.15) is 51.5 Å². The minimum Gasteiger partial charge on any atom is -0.404 e. The molecule has 1 aromatic carbocycles. The highest BCUT2D eigenvalue weighted by molar-refractivity contribution is 8.13. The second-order valence-electron chi connectivity index (χ2n) is 11.7. The summed E-state index contributed by atoms with van der Waals surface area (Å²) in [4.78, 5) is 64.7. The van der Waals surface area contributed by atoms with Crippen LogP contribution in [-0.4, -0.2) is 63.6 Å². The van der Waals surface area contributed by atoms with Gasteiger partial charge >= 0.3 is 13.5 Å². The average Bonchev–Trinajstić information content (AvgIpc) is 3.38. The highest BCUT2D eigenvalue weighted by Gasteiger charge is 2.39. The van der Waals surface area contributed by atoms with Crippen molar-refractivity contribution in [3.05, 3.63) is 72.9 Å². The van der Waals surface area contributed by atoms with Crippen LogP contribution in [0.3, 0.4) is 0 Å². The van der Waals surface area contributed by atoms with Gasteiger partial charge in [0.05, 0.1) is 25.4 Å². The number of thioether (sulfide) groups is 1. The fourth-order valence-electron chi connectivity index (χ4n) is 4.30. The van der Waals surface area contributed by atoms with Crippen molar-refractivity contribution in [3.63, 3.8) is 0 Å². The number of primary amides is 1. The van der Waals surface area contributed by atoms with Crippen molar-refractivity contribution in [2.24, 2.45) is 16.3 Å². The van der Waals surface area contributed by atoms with Gasteiger partial charge in [0, 0.05) is 47.6 Å². The number of phosphoric ester groups is 1. The van der Waals surface area contributed by atoms with E-state index in [1.54, 1.807) is 32.9 Å². The van der Waals surface area contributed by atoms with Gasteiger partial charge in [0.15, 0.2) is 5.12 Å². The number of aromatic amines is 1. The van der Waals surface area contributed by atoms with Gasteiger partial charge in [-0.3, -0.25) is 37.8 Å². The summed E-state index contributed by atoms with van der Waals surface area (Å²) in [5, 5.41) is 6.11. The van der Waals surface area contributed by atoms with Crippen LogP contribution in [0, 0.1) is 12.3 Å². The Morgan fingerprint density at radius 2 is 1.94 bits per heavy atom. The number of carbonyl (C=O) groups is 3. The molecule has 0 radical (unpaired) electrons. The molecule has 47 heavy (non-hydrogen) atoms. The van der Waals surface area contributed by atoms with Crippen LogP contribution in [0.2, 0.25) is 0 Å². The number of nitrogens with two attached hydrogens (primary N) is 1. The Bertz CT molecular complexity index is 1670. The number of azide groups is 1. The molecule has 19 heteroatoms. The monoisotopic (exact) mass is 695 g/mol. The number of aromatic nitrogens is 2. The Hall–Kier alpha value is -3.92. The lowest BCUT2D eigenvalue weighted by molar-refractivity contribution is -0.126. The number of amides is 2. The van der Waals surface area contributed by atoms with Crippen LogP contribution in [-0.2, 0) is 39.2 Å². The molecule has 1 aliphatic rings. The molecular formula is C28H38N7O10PS. The molecule has 0 saturated carbocycles. The summed E-state index contributed by atoms with van der Waals surface area (Å²) < 4.78 is 37.8. The lowest BCUT2D eigenvalue weighted by Crippen LogP contribution is -2.44. The Labute approximate surface area is 274 Å². The molecule has 0 aliphatic carbocycles. The summed E-state index contributed by atoms with van der Waals surface area (Å²) >= 11 is 0.995. The molecule has 256 valence electrons. The van der Waals surface area contributed by atoms with Crippen molar-refractivity contribution >= 4 is 36.5 Å². The highest BCUT2D eigenvalue weighted by Crippen LogP contribution is 2.50. The SMILES string of the molecule is CC(=O)N[C@@H](Cc1ccc(OP(=O)(OCCSC(=O)C(C)(C)C)OC[C@H]2O[C@@H](n3cc(C)c(=O)[nH]c3=O)CC2N=[N+]=[N-])cc1)C(N)=O. The van der Waals surface area contributed by atoms with Gasteiger partial charge in [0.1, 0.15) is 18.0 Å². The van der Waals surface area contributed by atoms with Gasteiger partial charge in [0.2, 0.25) is 11.8 Å². The fraction of sp³-hybridized carbons (Fsp3) is 0.536. The first-order valence-electron chi connectivity index (χ1n) is 14.4. The number of phosphoric acid groups is 1. The number of hydrogen-bond donors (Lipinski definition) is 3. The number of benzene rings is 1. The van der Waals surface area contributed by atoms with E-state index in [9.17, 15) is 28.5 Å². The first-order chi connectivity index (χ1) is 22.0. The average molecular weight is 696 g/mol. The van der Waals surface area contributed by atoms with E-state index < -0.39 is 67.3 Å². The number of rotatable bonds is 15. The molecule has 2 aromatic rings. The van der Waals surface area contributed by atoms with E-state index in [1.165, 1.54) is 32.2 Å². The molecule has 3 rings (SSSR count). The first kappa shape index (κ1) is 37.5. The summed E-state index contributed by atoms with van der Waals surface area (Å²) in [5.41, 5.74) is 13.5. The number of H-pyrrole nitrogens is 1. The minimum atomic E-state index is -4.42.